The third-order valence-corrected chi connectivity index (χ3v) is 8.80. The summed E-state index contributed by atoms with van der Waals surface area (Å²) in [6.07, 6.45) is -1.61. The number of carbonyl (C=O) groups excluding carboxylic acids is 1. The van der Waals surface area contributed by atoms with Crippen LogP contribution in [0.15, 0.2) is 22.6 Å². The van der Waals surface area contributed by atoms with Crippen molar-refractivity contribution in [3.8, 4) is 11.8 Å². The summed E-state index contributed by atoms with van der Waals surface area (Å²) in [5.41, 5.74) is 9.59. The van der Waals surface area contributed by atoms with E-state index >= 15 is 0 Å². The van der Waals surface area contributed by atoms with Crippen LogP contribution in [0.3, 0.4) is 0 Å². The van der Waals surface area contributed by atoms with E-state index in [0.29, 0.717) is 28.8 Å². The van der Waals surface area contributed by atoms with E-state index in [4.69, 9.17) is 19.7 Å². The van der Waals surface area contributed by atoms with Gasteiger partial charge in [-0.15, -0.1) is 0 Å². The Bertz CT molecular complexity index is 1420. The molecule has 1 aliphatic heterocycles. The summed E-state index contributed by atoms with van der Waals surface area (Å²) in [5, 5.41) is 15.7. The number of aliphatic hydroxyl groups is 1. The Balaban J connectivity index is 1.71. The monoisotopic (exact) mass is 659 g/mol. The van der Waals surface area contributed by atoms with Crippen LogP contribution in [0, 0.1) is 11.8 Å². The van der Waals surface area contributed by atoms with Crippen molar-refractivity contribution in [3.05, 3.63) is 28.5 Å². The first-order valence-electron chi connectivity index (χ1n) is 13.0. The van der Waals surface area contributed by atoms with Gasteiger partial charge in [0.2, 0.25) is 0 Å². The van der Waals surface area contributed by atoms with Crippen LogP contribution in [0.5, 0.6) is 0 Å². The Kier molecular flexibility index (Phi) is 13.0. The lowest BCUT2D eigenvalue weighted by molar-refractivity contribution is -0.173. The zero-order valence-corrected chi connectivity index (χ0v) is 25.9. The fourth-order valence-electron chi connectivity index (χ4n) is 3.88. The van der Waals surface area contributed by atoms with Crippen LogP contribution in [0.4, 0.5) is 19.0 Å². The topological polar surface area (TPSA) is 172 Å². The highest BCUT2D eigenvalue weighted by Gasteiger charge is 2.39. The van der Waals surface area contributed by atoms with Gasteiger partial charge in [-0.3, -0.25) is 4.79 Å². The molecule has 2 aromatic rings. The normalized spacial score (nSPS) is 18.7. The molecule has 1 saturated heterocycles. The molecule has 0 aromatic carbocycles. The Labute approximate surface area is 259 Å². The minimum Gasteiger partial charge on any atom is -0.394 e. The molecule has 3 atom stereocenters. The molecule has 19 heteroatoms. The fraction of sp³-hybridized carbons (Fsp3) is 0.600. The van der Waals surface area contributed by atoms with Gasteiger partial charge in [-0.05, 0) is 19.4 Å². The Morgan fingerprint density at radius 3 is 2.86 bits per heavy atom. The number of rotatable bonds is 14. The van der Waals surface area contributed by atoms with Gasteiger partial charge in [0.25, 0.3) is 0 Å². The molecule has 2 aromatic heterocycles. The molecule has 1 amide bonds. The van der Waals surface area contributed by atoms with Crippen LogP contribution in [0.1, 0.15) is 32.1 Å². The molecular weight excluding hydrogens is 627 g/mol. The van der Waals surface area contributed by atoms with E-state index in [-0.39, 0.29) is 32.4 Å². The van der Waals surface area contributed by atoms with Gasteiger partial charge in [0, 0.05) is 42.9 Å². The molecule has 1 aliphatic rings. The summed E-state index contributed by atoms with van der Waals surface area (Å²) in [6, 6.07) is 0. The molecule has 3 rings (SSSR count). The second-order valence-electron chi connectivity index (χ2n) is 10.1. The van der Waals surface area contributed by atoms with Gasteiger partial charge >= 0.3 is 12.1 Å². The largest absolute Gasteiger partial charge is 0.471 e. The first-order chi connectivity index (χ1) is 20.9. The number of fused-ring (bicyclic) bond motifs is 1. The van der Waals surface area contributed by atoms with Crippen molar-refractivity contribution in [2.45, 2.75) is 49.6 Å². The van der Waals surface area contributed by atoms with E-state index in [1.54, 1.807) is 35.8 Å². The van der Waals surface area contributed by atoms with Crippen molar-refractivity contribution in [3.63, 3.8) is 0 Å². The second-order valence-corrected chi connectivity index (χ2v) is 13.0. The van der Waals surface area contributed by atoms with Crippen molar-refractivity contribution < 1.29 is 37.3 Å². The van der Waals surface area contributed by atoms with Crippen LogP contribution < -0.4 is 5.32 Å². The smallest absolute Gasteiger partial charge is 0.394 e. The number of alkyl halides is 3. The molecule has 1 unspecified atom stereocenters. The van der Waals surface area contributed by atoms with Crippen molar-refractivity contribution in [1.29, 1.82) is 0 Å². The maximum atomic E-state index is 12.4. The zero-order valence-electron chi connectivity index (χ0n) is 24.3. The third-order valence-electron chi connectivity index (χ3n) is 5.83. The third kappa shape index (κ3) is 10.2. The summed E-state index contributed by atoms with van der Waals surface area (Å²) in [6.45, 7) is 2.80. The van der Waals surface area contributed by atoms with Crippen LogP contribution in [-0.2, 0) is 19.0 Å². The van der Waals surface area contributed by atoms with Crippen LogP contribution in [-0.4, -0.2) is 106 Å². The van der Waals surface area contributed by atoms with E-state index in [2.05, 4.69) is 36.8 Å². The maximum absolute atomic E-state index is 12.4. The minimum absolute atomic E-state index is 0.0529. The van der Waals surface area contributed by atoms with Gasteiger partial charge in [0.05, 0.1) is 30.0 Å². The summed E-state index contributed by atoms with van der Waals surface area (Å²) in [4.78, 5) is 28.7. The van der Waals surface area contributed by atoms with Crippen molar-refractivity contribution >= 4 is 50.7 Å². The van der Waals surface area contributed by atoms with Crippen molar-refractivity contribution in [2.24, 2.45) is 10.1 Å². The number of azide groups is 1. The van der Waals surface area contributed by atoms with E-state index < -0.39 is 35.3 Å². The number of hydrogen-bond donors (Lipinski definition) is 2. The highest BCUT2D eigenvalue weighted by molar-refractivity contribution is 8.77. The van der Waals surface area contributed by atoms with E-state index in [0.717, 1.165) is 0 Å². The molecule has 2 N–H and O–H groups in total. The molecule has 0 saturated carbocycles. The lowest BCUT2D eigenvalue weighted by Gasteiger charge is -2.23. The number of aromatic nitrogens is 3. The minimum atomic E-state index is -4.93. The first kappa shape index (κ1) is 35.2. The number of aliphatic imine (C=N–C) groups is 1. The summed E-state index contributed by atoms with van der Waals surface area (Å²) in [7, 11) is 6.20. The van der Waals surface area contributed by atoms with E-state index in [1.807, 2.05) is 19.4 Å². The lowest BCUT2D eigenvalue weighted by Crippen LogP contribution is -2.42. The predicted octanol–water partition coefficient (Wildman–Crippen LogP) is 3.75. The number of amides is 1. The number of nitrogens with one attached hydrogen (secondary N) is 1. The first-order valence-corrected chi connectivity index (χ1v) is 15.4. The number of carbonyl (C=O) groups is 1. The summed E-state index contributed by atoms with van der Waals surface area (Å²) >= 11 is 0. The Hall–Kier alpha value is -3.24. The van der Waals surface area contributed by atoms with Gasteiger partial charge in [-0.1, -0.05) is 38.5 Å². The second kappa shape index (κ2) is 16.2. The number of aliphatic hydroxyl groups excluding tert-OH is 1. The molecule has 3 heterocycles. The lowest BCUT2D eigenvalue weighted by atomic mass is 10.2. The molecule has 0 spiro atoms. The van der Waals surface area contributed by atoms with E-state index in [9.17, 15) is 23.1 Å². The number of nitrogens with zero attached hydrogens (tertiary/aromatic N) is 8. The highest BCUT2D eigenvalue weighted by Crippen LogP contribution is 2.37. The predicted molar refractivity (Wildman–Crippen MR) is 160 cm³/mol. The SMILES string of the molecule is CN(C)/C=N/c1ncnc2c1c(C#CCOCSSC(C)(C)CNC(=O)C(F)(F)F)cn2[C@H]1CC(OCN=[N+]=[N-])[C@@H](CO)O1. The zero-order chi connectivity index (χ0) is 32.3. The van der Waals surface area contributed by atoms with E-state index in [1.165, 1.54) is 27.9 Å². The molecule has 1 fully saturated rings. The molecule has 0 bridgehead atoms. The van der Waals surface area contributed by atoms with Gasteiger partial charge < -0.3 is 34.1 Å². The average molecular weight is 660 g/mol. The molecule has 0 aliphatic carbocycles. The molecule has 240 valence electrons. The molecular formula is C25H32F3N9O5S2. The average Bonchev–Trinajstić information content (AvgIpc) is 3.55. The standard InChI is InChI=1S/C25H32F3N9O5S2/c1-24(2,11-30-23(39)25(26,27)28)44-43-15-40-7-5-6-16-9-37(19-8-17(18(10-38)42-19)41-14-34-35-29)22-20(16)21(31-12-32-22)33-13-36(3)4/h9,12-13,17-19,38H,7-8,10-11,14-15H2,1-4H3,(H,30,39)/b33-13+/t17?,18-,19-/m1/s1. The summed E-state index contributed by atoms with van der Waals surface area (Å²) in [5.74, 6) is 4.62. The van der Waals surface area contributed by atoms with Crippen LogP contribution >= 0.6 is 21.6 Å². The fourth-order valence-corrected chi connectivity index (χ4v) is 6.01. The van der Waals surface area contributed by atoms with Gasteiger partial charge in [0.15, 0.2) is 5.82 Å². The molecule has 0 radical (unpaired) electrons. The highest BCUT2D eigenvalue weighted by atomic mass is 33.1. The van der Waals surface area contributed by atoms with Crippen LogP contribution in [0.25, 0.3) is 21.5 Å². The Morgan fingerprint density at radius 1 is 1.41 bits per heavy atom. The molecule has 14 nitrogen and oxygen atoms in total. The maximum Gasteiger partial charge on any atom is 0.471 e. The number of halogens is 3. The summed E-state index contributed by atoms with van der Waals surface area (Å²) < 4.78 is 55.5. The number of hydrogen-bond acceptors (Lipinski definition) is 11. The van der Waals surface area contributed by atoms with Crippen LogP contribution in [0.2, 0.25) is 0 Å². The quantitative estimate of drug-likeness (QED) is 0.0350. The van der Waals surface area contributed by atoms with Crippen molar-refractivity contribution in [1.82, 2.24) is 24.8 Å². The van der Waals surface area contributed by atoms with Gasteiger partial charge in [0.1, 0.15) is 43.6 Å². The molecule has 44 heavy (non-hydrogen) atoms. The Morgan fingerprint density at radius 2 is 2.18 bits per heavy atom. The van der Waals surface area contributed by atoms with Gasteiger partial charge in [-0.25, -0.2) is 15.0 Å². The number of ether oxygens (including phenoxy) is 3. The van der Waals surface area contributed by atoms with Crippen molar-refractivity contribution in [2.75, 3.05) is 46.5 Å². The van der Waals surface area contributed by atoms with Gasteiger partial charge in [-0.2, -0.15) is 13.2 Å².